The Morgan fingerprint density at radius 3 is 2.44 bits per heavy atom. The van der Waals surface area contributed by atoms with E-state index in [0.29, 0.717) is 11.8 Å². The molecular formula is C13H19N3O2. The lowest BCUT2D eigenvalue weighted by atomic mass is 9.78. The van der Waals surface area contributed by atoms with Crippen molar-refractivity contribution in [1.82, 2.24) is 15.0 Å². The van der Waals surface area contributed by atoms with Gasteiger partial charge in [0, 0.05) is 5.92 Å². The van der Waals surface area contributed by atoms with Crippen LogP contribution in [0.1, 0.15) is 73.6 Å². The van der Waals surface area contributed by atoms with E-state index in [4.69, 9.17) is 0 Å². The topological polar surface area (TPSA) is 68.0 Å². The number of hydrogen-bond donors (Lipinski definition) is 1. The summed E-state index contributed by atoms with van der Waals surface area (Å²) in [5.41, 5.74) is 1.04. The van der Waals surface area contributed by atoms with Gasteiger partial charge in [0.15, 0.2) is 5.69 Å². The quantitative estimate of drug-likeness (QED) is 0.890. The third-order valence-corrected chi connectivity index (χ3v) is 4.64. The SMILES string of the molecule is CC(C1CCC1)n1nnc(C(=O)O)c1C1CCC1. The van der Waals surface area contributed by atoms with Crippen LogP contribution in [0.2, 0.25) is 0 Å². The van der Waals surface area contributed by atoms with Crippen LogP contribution in [0.4, 0.5) is 0 Å². The minimum absolute atomic E-state index is 0.172. The van der Waals surface area contributed by atoms with Gasteiger partial charge in [-0.15, -0.1) is 5.10 Å². The van der Waals surface area contributed by atoms with Crippen molar-refractivity contribution in [1.29, 1.82) is 0 Å². The molecule has 2 fully saturated rings. The van der Waals surface area contributed by atoms with Gasteiger partial charge in [0.25, 0.3) is 0 Å². The number of carboxylic acids is 1. The number of hydrogen-bond acceptors (Lipinski definition) is 3. The molecule has 1 heterocycles. The largest absolute Gasteiger partial charge is 0.476 e. The van der Waals surface area contributed by atoms with Crippen LogP contribution in [0.3, 0.4) is 0 Å². The Labute approximate surface area is 106 Å². The minimum Gasteiger partial charge on any atom is -0.476 e. The molecule has 98 valence electrons. The molecule has 5 nitrogen and oxygen atoms in total. The van der Waals surface area contributed by atoms with Crippen molar-refractivity contribution in [3.63, 3.8) is 0 Å². The first kappa shape index (κ1) is 11.7. The molecule has 0 aliphatic heterocycles. The Hall–Kier alpha value is -1.39. The summed E-state index contributed by atoms with van der Waals surface area (Å²) in [6.45, 7) is 2.15. The smallest absolute Gasteiger partial charge is 0.358 e. The lowest BCUT2D eigenvalue weighted by Gasteiger charge is -2.34. The predicted octanol–water partition coefficient (Wildman–Crippen LogP) is 2.60. The fourth-order valence-corrected chi connectivity index (χ4v) is 2.94. The number of carboxylic acid groups (broad SMARTS) is 1. The summed E-state index contributed by atoms with van der Waals surface area (Å²) >= 11 is 0. The molecule has 0 spiro atoms. The van der Waals surface area contributed by atoms with E-state index in [-0.39, 0.29) is 11.7 Å². The Balaban J connectivity index is 1.94. The fourth-order valence-electron chi connectivity index (χ4n) is 2.94. The molecule has 1 aromatic rings. The summed E-state index contributed by atoms with van der Waals surface area (Å²) in [5.74, 6) is 0.0600. The van der Waals surface area contributed by atoms with Crippen molar-refractivity contribution < 1.29 is 9.90 Å². The van der Waals surface area contributed by atoms with Gasteiger partial charge in [0.2, 0.25) is 0 Å². The highest BCUT2D eigenvalue weighted by molar-refractivity contribution is 5.86. The van der Waals surface area contributed by atoms with Crippen molar-refractivity contribution in [2.75, 3.05) is 0 Å². The van der Waals surface area contributed by atoms with E-state index in [0.717, 1.165) is 18.5 Å². The van der Waals surface area contributed by atoms with Crippen LogP contribution in [-0.2, 0) is 0 Å². The number of carbonyl (C=O) groups is 1. The predicted molar refractivity (Wildman–Crippen MR) is 65.6 cm³/mol. The molecule has 0 saturated heterocycles. The van der Waals surface area contributed by atoms with E-state index in [2.05, 4.69) is 17.2 Å². The molecule has 2 saturated carbocycles. The highest BCUT2D eigenvalue weighted by Crippen LogP contribution is 2.41. The summed E-state index contributed by atoms with van der Waals surface area (Å²) in [4.78, 5) is 11.2. The molecule has 1 aromatic heterocycles. The number of aromatic nitrogens is 3. The summed E-state index contributed by atoms with van der Waals surface area (Å²) in [6.07, 6.45) is 7.08. The van der Waals surface area contributed by atoms with E-state index >= 15 is 0 Å². The van der Waals surface area contributed by atoms with Gasteiger partial charge >= 0.3 is 5.97 Å². The Kier molecular flexibility index (Phi) is 2.84. The molecule has 1 unspecified atom stereocenters. The van der Waals surface area contributed by atoms with Gasteiger partial charge in [-0.05, 0) is 38.5 Å². The minimum atomic E-state index is -0.941. The first-order valence-electron chi connectivity index (χ1n) is 6.87. The van der Waals surface area contributed by atoms with E-state index in [9.17, 15) is 9.90 Å². The maximum absolute atomic E-state index is 11.2. The van der Waals surface area contributed by atoms with E-state index in [1.165, 1.54) is 25.7 Å². The van der Waals surface area contributed by atoms with Crippen LogP contribution in [-0.4, -0.2) is 26.1 Å². The molecule has 5 heteroatoms. The molecule has 3 rings (SSSR count). The normalized spacial score (nSPS) is 22.3. The van der Waals surface area contributed by atoms with Gasteiger partial charge in [0.05, 0.1) is 11.7 Å². The maximum Gasteiger partial charge on any atom is 0.358 e. The molecule has 0 aromatic carbocycles. The van der Waals surface area contributed by atoms with Crippen LogP contribution >= 0.6 is 0 Å². The lowest BCUT2D eigenvalue weighted by molar-refractivity contribution is 0.0687. The van der Waals surface area contributed by atoms with Crippen molar-refractivity contribution in [2.45, 2.75) is 57.4 Å². The van der Waals surface area contributed by atoms with Gasteiger partial charge in [-0.25, -0.2) is 9.48 Å². The van der Waals surface area contributed by atoms with Crippen molar-refractivity contribution in [3.05, 3.63) is 11.4 Å². The molecule has 0 amide bonds. The van der Waals surface area contributed by atoms with Crippen LogP contribution in [0, 0.1) is 5.92 Å². The van der Waals surface area contributed by atoms with Gasteiger partial charge in [-0.3, -0.25) is 0 Å². The first-order valence-corrected chi connectivity index (χ1v) is 6.87. The van der Waals surface area contributed by atoms with Crippen LogP contribution in [0.15, 0.2) is 0 Å². The van der Waals surface area contributed by atoms with Crippen LogP contribution in [0.5, 0.6) is 0 Å². The molecule has 0 bridgehead atoms. The lowest BCUT2D eigenvalue weighted by Crippen LogP contribution is -2.27. The molecule has 0 radical (unpaired) electrons. The maximum atomic E-state index is 11.2. The van der Waals surface area contributed by atoms with Gasteiger partial charge in [-0.2, -0.15) is 0 Å². The summed E-state index contributed by atoms with van der Waals surface area (Å²) in [5, 5.41) is 17.2. The highest BCUT2D eigenvalue weighted by Gasteiger charge is 2.34. The number of rotatable bonds is 4. The second-order valence-electron chi connectivity index (χ2n) is 5.63. The molecule has 2 aliphatic rings. The van der Waals surface area contributed by atoms with Gasteiger partial charge in [-0.1, -0.05) is 18.1 Å². The van der Waals surface area contributed by atoms with E-state index in [1.54, 1.807) is 0 Å². The second kappa shape index (κ2) is 4.37. The third-order valence-electron chi connectivity index (χ3n) is 4.64. The monoisotopic (exact) mass is 249 g/mol. The zero-order chi connectivity index (χ0) is 12.7. The third kappa shape index (κ3) is 1.72. The second-order valence-corrected chi connectivity index (χ2v) is 5.63. The highest BCUT2D eigenvalue weighted by atomic mass is 16.4. The van der Waals surface area contributed by atoms with Crippen LogP contribution in [0.25, 0.3) is 0 Å². The summed E-state index contributed by atoms with van der Waals surface area (Å²) in [6, 6.07) is 0.287. The fraction of sp³-hybridized carbons (Fsp3) is 0.769. The van der Waals surface area contributed by atoms with Crippen molar-refractivity contribution in [2.24, 2.45) is 5.92 Å². The first-order chi connectivity index (χ1) is 8.68. The van der Waals surface area contributed by atoms with E-state index < -0.39 is 5.97 Å². The zero-order valence-corrected chi connectivity index (χ0v) is 10.7. The Morgan fingerprint density at radius 1 is 1.33 bits per heavy atom. The summed E-state index contributed by atoms with van der Waals surface area (Å²) in [7, 11) is 0. The molecule has 18 heavy (non-hydrogen) atoms. The van der Waals surface area contributed by atoms with Crippen molar-refractivity contribution >= 4 is 5.97 Å². The van der Waals surface area contributed by atoms with Gasteiger partial charge in [0.1, 0.15) is 0 Å². The molecule has 2 aliphatic carbocycles. The van der Waals surface area contributed by atoms with Crippen LogP contribution < -0.4 is 0 Å². The zero-order valence-electron chi connectivity index (χ0n) is 10.7. The van der Waals surface area contributed by atoms with Gasteiger partial charge < -0.3 is 5.11 Å². The average Bonchev–Trinajstić information content (AvgIpc) is 2.56. The molecule has 1 N–H and O–H groups in total. The standard InChI is InChI=1S/C13H19N3O2/c1-8(9-4-2-5-9)16-12(10-6-3-7-10)11(13(17)18)14-15-16/h8-10H,2-7H2,1H3,(H,17,18). The van der Waals surface area contributed by atoms with Crippen molar-refractivity contribution in [3.8, 4) is 0 Å². The van der Waals surface area contributed by atoms with E-state index in [1.807, 2.05) is 4.68 Å². The average molecular weight is 249 g/mol. The number of aromatic carboxylic acids is 1. The number of nitrogens with zero attached hydrogens (tertiary/aromatic N) is 3. The molecular weight excluding hydrogens is 230 g/mol. The Morgan fingerprint density at radius 2 is 2.00 bits per heavy atom. The Bertz CT molecular complexity index is 461. The molecule has 1 atom stereocenters. The summed E-state index contributed by atoms with van der Waals surface area (Å²) < 4.78 is 1.90.